The molecule has 0 aliphatic carbocycles. The number of rotatable bonds is 9. The number of carbonyl (C=O) groups excluding carboxylic acids is 4. The summed E-state index contributed by atoms with van der Waals surface area (Å²) in [5.41, 5.74) is -0.369. The summed E-state index contributed by atoms with van der Waals surface area (Å²) in [5, 5.41) is 8.16. The number of piperidine rings is 1. The minimum Gasteiger partial charge on any atom is -0.461 e. The van der Waals surface area contributed by atoms with Crippen LogP contribution in [0, 0.1) is 0 Å². The molecule has 1 saturated heterocycles. The summed E-state index contributed by atoms with van der Waals surface area (Å²) in [6.45, 7) is 5.61. The summed E-state index contributed by atoms with van der Waals surface area (Å²) in [4.78, 5) is 51.7. The van der Waals surface area contributed by atoms with Crippen LogP contribution in [0.4, 0.5) is 4.79 Å². The largest absolute Gasteiger partial charge is 0.461 e. The molecule has 37 heavy (non-hydrogen) atoms. The molecule has 0 saturated carbocycles. The Morgan fingerprint density at radius 3 is 2.22 bits per heavy atom. The Balaban J connectivity index is 1.77. The van der Waals surface area contributed by atoms with Gasteiger partial charge in [-0.15, -0.1) is 0 Å². The van der Waals surface area contributed by atoms with Crippen LogP contribution in [0.15, 0.2) is 60.7 Å². The maximum Gasteiger partial charge on any atom is 0.408 e. The lowest BCUT2D eigenvalue weighted by atomic mass is 9.82. The SMILES string of the molecule is CC(C)(C)OC(=O)NC(CC(=O)OCc1ccccc1)C(=O)NC1(Cc2ccccc2)CCCNC1=O. The molecule has 2 aromatic rings. The molecule has 0 aromatic heterocycles. The van der Waals surface area contributed by atoms with Gasteiger partial charge in [-0.1, -0.05) is 60.7 Å². The van der Waals surface area contributed by atoms with Crippen molar-refractivity contribution in [2.24, 2.45) is 0 Å². The van der Waals surface area contributed by atoms with Crippen molar-refractivity contribution in [1.29, 1.82) is 0 Å². The second-order valence-electron chi connectivity index (χ2n) is 10.1. The van der Waals surface area contributed by atoms with E-state index in [1.807, 2.05) is 60.7 Å². The summed E-state index contributed by atoms with van der Waals surface area (Å²) in [7, 11) is 0. The van der Waals surface area contributed by atoms with Crippen molar-refractivity contribution < 1.29 is 28.7 Å². The normalized spacial score (nSPS) is 18.2. The maximum atomic E-state index is 13.5. The quantitative estimate of drug-likeness (QED) is 0.447. The van der Waals surface area contributed by atoms with Gasteiger partial charge in [0.1, 0.15) is 23.8 Å². The van der Waals surface area contributed by atoms with Crippen molar-refractivity contribution in [2.75, 3.05) is 6.54 Å². The molecular weight excluding hydrogens is 474 g/mol. The lowest BCUT2D eigenvalue weighted by molar-refractivity contribution is -0.147. The average molecular weight is 510 g/mol. The number of hydrogen-bond acceptors (Lipinski definition) is 6. The van der Waals surface area contributed by atoms with E-state index >= 15 is 0 Å². The highest BCUT2D eigenvalue weighted by Crippen LogP contribution is 2.23. The van der Waals surface area contributed by atoms with Crippen LogP contribution in [0.5, 0.6) is 0 Å². The number of carbonyl (C=O) groups is 4. The smallest absolute Gasteiger partial charge is 0.408 e. The summed E-state index contributed by atoms with van der Waals surface area (Å²) in [6.07, 6.45) is 0.0668. The van der Waals surface area contributed by atoms with Crippen molar-refractivity contribution in [1.82, 2.24) is 16.0 Å². The lowest BCUT2D eigenvalue weighted by Gasteiger charge is -2.38. The van der Waals surface area contributed by atoms with E-state index in [-0.39, 0.29) is 18.9 Å². The number of nitrogens with one attached hydrogen (secondary N) is 3. The molecule has 1 aliphatic rings. The van der Waals surface area contributed by atoms with Crippen LogP contribution in [0.3, 0.4) is 0 Å². The van der Waals surface area contributed by atoms with Gasteiger partial charge in [0, 0.05) is 13.0 Å². The standard InChI is InChI=1S/C28H35N3O6/c1-27(2,3)37-26(35)30-22(17-23(32)36-19-21-13-8-5-9-14-21)24(33)31-28(15-10-16-29-25(28)34)18-20-11-6-4-7-12-20/h4-9,11-14,22H,10,15-19H2,1-3H3,(H,29,34)(H,30,35)(H,31,33). The molecule has 1 aliphatic heterocycles. The summed E-state index contributed by atoms with van der Waals surface area (Å²) in [5.74, 6) is -1.65. The fourth-order valence-electron chi connectivity index (χ4n) is 4.10. The highest BCUT2D eigenvalue weighted by molar-refractivity contribution is 5.96. The number of alkyl carbamates (subject to hydrolysis) is 1. The first-order valence-electron chi connectivity index (χ1n) is 12.4. The molecule has 0 bridgehead atoms. The van der Waals surface area contributed by atoms with Crippen LogP contribution in [0.2, 0.25) is 0 Å². The van der Waals surface area contributed by atoms with E-state index < -0.39 is 41.6 Å². The van der Waals surface area contributed by atoms with Gasteiger partial charge in [0.2, 0.25) is 11.8 Å². The Morgan fingerprint density at radius 2 is 1.62 bits per heavy atom. The van der Waals surface area contributed by atoms with Gasteiger partial charge in [-0.3, -0.25) is 14.4 Å². The molecule has 2 atom stereocenters. The summed E-state index contributed by atoms with van der Waals surface area (Å²) in [6, 6.07) is 17.2. The van der Waals surface area contributed by atoms with Gasteiger partial charge in [-0.2, -0.15) is 0 Å². The lowest BCUT2D eigenvalue weighted by Crippen LogP contribution is -2.65. The number of esters is 1. The van der Waals surface area contributed by atoms with Crippen LogP contribution in [0.1, 0.15) is 51.2 Å². The van der Waals surface area contributed by atoms with E-state index in [1.54, 1.807) is 20.8 Å². The van der Waals surface area contributed by atoms with Gasteiger partial charge in [0.05, 0.1) is 6.42 Å². The van der Waals surface area contributed by atoms with E-state index in [2.05, 4.69) is 16.0 Å². The molecule has 2 aromatic carbocycles. The van der Waals surface area contributed by atoms with Crippen LogP contribution in [0.25, 0.3) is 0 Å². The fraction of sp³-hybridized carbons (Fsp3) is 0.429. The van der Waals surface area contributed by atoms with Crippen LogP contribution < -0.4 is 16.0 Å². The molecule has 3 rings (SSSR count). The molecule has 1 heterocycles. The predicted molar refractivity (Wildman–Crippen MR) is 137 cm³/mol. The number of hydrogen-bond donors (Lipinski definition) is 3. The van der Waals surface area contributed by atoms with Crippen molar-refractivity contribution in [3.05, 3.63) is 71.8 Å². The Kier molecular flexibility index (Phi) is 9.27. The van der Waals surface area contributed by atoms with Crippen molar-refractivity contribution >= 4 is 23.9 Å². The molecular formula is C28H35N3O6. The third-order valence-electron chi connectivity index (χ3n) is 5.83. The number of benzene rings is 2. The van der Waals surface area contributed by atoms with Crippen LogP contribution >= 0.6 is 0 Å². The molecule has 0 radical (unpaired) electrons. The number of amides is 3. The summed E-state index contributed by atoms with van der Waals surface area (Å²) >= 11 is 0. The van der Waals surface area contributed by atoms with Gasteiger partial charge >= 0.3 is 12.1 Å². The predicted octanol–water partition coefficient (Wildman–Crippen LogP) is 3.02. The van der Waals surface area contributed by atoms with Gasteiger partial charge in [0.15, 0.2) is 0 Å². The van der Waals surface area contributed by atoms with Gasteiger partial charge < -0.3 is 25.4 Å². The van der Waals surface area contributed by atoms with Crippen LogP contribution in [-0.4, -0.2) is 47.6 Å². The highest BCUT2D eigenvalue weighted by atomic mass is 16.6. The fourth-order valence-corrected chi connectivity index (χ4v) is 4.10. The van der Waals surface area contributed by atoms with Gasteiger partial charge in [0.25, 0.3) is 0 Å². The zero-order chi connectivity index (χ0) is 26.9. The Morgan fingerprint density at radius 1 is 1.00 bits per heavy atom. The van der Waals surface area contributed by atoms with E-state index in [1.165, 1.54) is 0 Å². The molecule has 9 nitrogen and oxygen atoms in total. The first-order valence-corrected chi connectivity index (χ1v) is 12.4. The van der Waals surface area contributed by atoms with E-state index in [0.29, 0.717) is 19.4 Å². The van der Waals surface area contributed by atoms with Crippen molar-refractivity contribution in [3.63, 3.8) is 0 Å². The van der Waals surface area contributed by atoms with E-state index in [9.17, 15) is 19.2 Å². The highest BCUT2D eigenvalue weighted by Gasteiger charge is 2.43. The third kappa shape index (κ3) is 8.63. The molecule has 1 fully saturated rings. The molecule has 198 valence electrons. The van der Waals surface area contributed by atoms with Gasteiger partial charge in [-0.25, -0.2) is 4.79 Å². The van der Waals surface area contributed by atoms with E-state index in [0.717, 1.165) is 11.1 Å². The summed E-state index contributed by atoms with van der Waals surface area (Å²) < 4.78 is 10.6. The molecule has 9 heteroatoms. The Labute approximate surface area is 217 Å². The van der Waals surface area contributed by atoms with Gasteiger partial charge in [-0.05, 0) is 44.7 Å². The molecule has 0 spiro atoms. The second-order valence-corrected chi connectivity index (χ2v) is 10.1. The first-order chi connectivity index (χ1) is 17.6. The molecule has 3 amide bonds. The Hall–Kier alpha value is -3.88. The number of ether oxygens (including phenoxy) is 2. The third-order valence-corrected chi connectivity index (χ3v) is 5.83. The minimum atomic E-state index is -1.31. The average Bonchev–Trinajstić information content (AvgIpc) is 2.84. The van der Waals surface area contributed by atoms with Crippen molar-refractivity contribution in [3.8, 4) is 0 Å². The van der Waals surface area contributed by atoms with E-state index in [4.69, 9.17) is 9.47 Å². The molecule has 3 N–H and O–H groups in total. The topological polar surface area (TPSA) is 123 Å². The first kappa shape index (κ1) is 27.7. The monoisotopic (exact) mass is 509 g/mol. The Bertz CT molecular complexity index is 1080. The maximum absolute atomic E-state index is 13.5. The van der Waals surface area contributed by atoms with Crippen molar-refractivity contribution in [2.45, 2.75) is 70.2 Å². The molecule has 2 unspecified atom stereocenters. The zero-order valence-corrected chi connectivity index (χ0v) is 21.5. The zero-order valence-electron chi connectivity index (χ0n) is 21.5. The minimum absolute atomic E-state index is 0.0286. The van der Waals surface area contributed by atoms with Crippen LogP contribution in [-0.2, 0) is 36.9 Å². The second kappa shape index (κ2) is 12.4.